The van der Waals surface area contributed by atoms with E-state index in [2.05, 4.69) is 97.1 Å². The van der Waals surface area contributed by atoms with Crippen LogP contribution in [0.2, 0.25) is 0 Å². The highest BCUT2D eigenvalue weighted by atomic mass is 14.8. The first-order valence-electron chi connectivity index (χ1n) is 15.9. The summed E-state index contributed by atoms with van der Waals surface area (Å²) >= 11 is 0. The molecule has 0 spiro atoms. The first-order valence-corrected chi connectivity index (χ1v) is 15.9. The van der Waals surface area contributed by atoms with Crippen molar-refractivity contribution in [2.24, 2.45) is 0 Å². The Kier molecular flexibility index (Phi) is 4.06. The summed E-state index contributed by atoms with van der Waals surface area (Å²) in [5.74, 6) is 0.402. The minimum absolute atomic E-state index is 0.201. The van der Waals surface area contributed by atoms with Crippen LogP contribution < -0.4 is 0 Å². The van der Waals surface area contributed by atoms with Crippen LogP contribution in [-0.4, -0.2) is 19.9 Å². The molecular formula is C42H22N4. The van der Waals surface area contributed by atoms with Gasteiger partial charge in [0.05, 0.1) is 44.1 Å². The van der Waals surface area contributed by atoms with Gasteiger partial charge in [-0.3, -0.25) is 0 Å². The molecule has 3 aliphatic rings. The molecule has 0 saturated carbocycles. The molecule has 2 bridgehead atoms. The van der Waals surface area contributed by atoms with Gasteiger partial charge in [0, 0.05) is 44.2 Å². The lowest BCUT2D eigenvalue weighted by Crippen LogP contribution is -2.27. The fourth-order valence-electron chi connectivity index (χ4n) is 8.90. The van der Waals surface area contributed by atoms with Gasteiger partial charge in [0.15, 0.2) is 0 Å². The molecule has 2 heterocycles. The van der Waals surface area contributed by atoms with Crippen molar-refractivity contribution in [1.82, 2.24) is 19.9 Å². The molecule has 2 aromatic heterocycles. The van der Waals surface area contributed by atoms with E-state index in [-0.39, 0.29) is 11.8 Å². The molecule has 0 unspecified atom stereocenters. The third-order valence-corrected chi connectivity index (χ3v) is 10.7. The molecular weight excluding hydrogens is 560 g/mol. The Morgan fingerprint density at radius 2 is 0.630 bits per heavy atom. The zero-order valence-corrected chi connectivity index (χ0v) is 24.5. The van der Waals surface area contributed by atoms with Crippen LogP contribution in [0.25, 0.3) is 76.5 Å². The number of rotatable bonds is 0. The molecule has 0 N–H and O–H groups in total. The summed E-state index contributed by atoms with van der Waals surface area (Å²) in [5, 5.41) is 6.80. The van der Waals surface area contributed by atoms with Crippen molar-refractivity contribution < 1.29 is 0 Å². The predicted octanol–water partition coefficient (Wildman–Crippen LogP) is 9.76. The molecule has 210 valence electrons. The Labute approximate surface area is 262 Å². The number of benzene rings is 8. The van der Waals surface area contributed by atoms with Crippen molar-refractivity contribution in [3.63, 3.8) is 0 Å². The molecule has 0 radical (unpaired) electrons. The summed E-state index contributed by atoms with van der Waals surface area (Å²) in [6, 6.07) is 43.7. The number of nitrogens with zero attached hydrogens (tertiary/aromatic N) is 4. The van der Waals surface area contributed by atoms with Gasteiger partial charge >= 0.3 is 0 Å². The Balaban J connectivity index is 1.23. The minimum Gasteiger partial charge on any atom is -0.244 e. The van der Waals surface area contributed by atoms with Crippen molar-refractivity contribution in [3.8, 4) is 0 Å². The van der Waals surface area contributed by atoms with Crippen LogP contribution in [0.3, 0.4) is 0 Å². The van der Waals surface area contributed by atoms with Gasteiger partial charge in [0.25, 0.3) is 0 Å². The fourth-order valence-corrected chi connectivity index (χ4v) is 8.90. The summed E-state index contributed by atoms with van der Waals surface area (Å²) in [6.07, 6.45) is 0. The van der Waals surface area contributed by atoms with E-state index in [1.807, 2.05) is 24.3 Å². The maximum absolute atomic E-state index is 5.46. The summed E-state index contributed by atoms with van der Waals surface area (Å²) in [6.45, 7) is 0. The topological polar surface area (TPSA) is 51.6 Å². The summed E-state index contributed by atoms with van der Waals surface area (Å²) in [4.78, 5) is 21.3. The quantitative estimate of drug-likeness (QED) is 0.132. The van der Waals surface area contributed by atoms with Crippen LogP contribution in [0.5, 0.6) is 0 Å². The van der Waals surface area contributed by atoms with Crippen molar-refractivity contribution in [1.29, 1.82) is 0 Å². The van der Waals surface area contributed by atoms with Crippen LogP contribution >= 0.6 is 0 Å². The first kappa shape index (κ1) is 23.4. The predicted molar refractivity (Wildman–Crippen MR) is 186 cm³/mol. The normalized spacial score (nSPS) is 16.7. The lowest BCUT2D eigenvalue weighted by Gasteiger charge is -2.42. The molecule has 13 rings (SSSR count). The highest BCUT2D eigenvalue weighted by Gasteiger charge is 2.41. The van der Waals surface area contributed by atoms with E-state index in [9.17, 15) is 0 Å². The molecule has 8 aromatic carbocycles. The smallest absolute Gasteiger partial charge is 0.0979 e. The highest BCUT2D eigenvalue weighted by molar-refractivity contribution is 6.38. The first-order chi connectivity index (χ1) is 22.8. The van der Waals surface area contributed by atoms with Gasteiger partial charge in [0.2, 0.25) is 0 Å². The van der Waals surface area contributed by atoms with E-state index in [4.69, 9.17) is 19.9 Å². The van der Waals surface area contributed by atoms with Crippen LogP contribution in [0.15, 0.2) is 121 Å². The summed E-state index contributed by atoms with van der Waals surface area (Å²) < 4.78 is 0. The lowest BCUT2D eigenvalue weighted by molar-refractivity contribution is 0.756. The number of fused-ring (bicyclic) bond motifs is 8. The molecule has 4 heteroatoms. The fraction of sp³-hybridized carbons (Fsp3) is 0.0476. The van der Waals surface area contributed by atoms with Gasteiger partial charge in [0.1, 0.15) is 0 Å². The van der Waals surface area contributed by atoms with Gasteiger partial charge in [-0.05, 0) is 57.6 Å². The Hall–Kier alpha value is -6.00. The Morgan fingerprint density at radius 3 is 1.00 bits per heavy atom. The van der Waals surface area contributed by atoms with E-state index in [1.165, 1.54) is 44.2 Å². The molecule has 10 aromatic rings. The van der Waals surface area contributed by atoms with Gasteiger partial charge in [-0.1, -0.05) is 97.1 Å². The summed E-state index contributed by atoms with van der Waals surface area (Å²) in [5.41, 5.74) is 15.8. The van der Waals surface area contributed by atoms with Gasteiger partial charge in [-0.15, -0.1) is 0 Å². The third kappa shape index (κ3) is 2.69. The van der Waals surface area contributed by atoms with Crippen LogP contribution in [-0.2, 0) is 0 Å². The maximum atomic E-state index is 5.46. The van der Waals surface area contributed by atoms with Gasteiger partial charge < -0.3 is 0 Å². The van der Waals surface area contributed by atoms with Crippen LogP contribution in [0.4, 0.5) is 0 Å². The van der Waals surface area contributed by atoms with Crippen molar-refractivity contribution >= 4 is 76.5 Å². The SMILES string of the molecule is c1ccc2c(c1)C1c3ccccc3C2c2cc3nc4c5cccc6c7nc8ccccc8nc7c7cccc(c4nc3cc21)c7c65. The molecule has 0 atom stereocenters. The Bertz CT molecular complexity index is 2750. The molecule has 0 aliphatic heterocycles. The van der Waals surface area contributed by atoms with E-state index < -0.39 is 0 Å². The average molecular weight is 583 g/mol. The second kappa shape index (κ2) is 7.98. The third-order valence-electron chi connectivity index (χ3n) is 10.7. The molecule has 0 amide bonds. The second-order valence-electron chi connectivity index (χ2n) is 12.9. The number of para-hydroxylation sites is 2. The van der Waals surface area contributed by atoms with Crippen LogP contribution in [0, 0.1) is 0 Å². The largest absolute Gasteiger partial charge is 0.244 e. The second-order valence-corrected chi connectivity index (χ2v) is 12.9. The van der Waals surface area contributed by atoms with E-state index in [0.29, 0.717) is 0 Å². The van der Waals surface area contributed by atoms with E-state index in [0.717, 1.165) is 65.7 Å². The zero-order valence-electron chi connectivity index (χ0n) is 24.5. The maximum Gasteiger partial charge on any atom is 0.0979 e. The molecule has 3 aliphatic carbocycles. The average Bonchev–Trinajstić information content (AvgIpc) is 3.12. The highest BCUT2D eigenvalue weighted by Crippen LogP contribution is 2.56. The van der Waals surface area contributed by atoms with E-state index in [1.54, 1.807) is 0 Å². The number of aromatic nitrogens is 4. The van der Waals surface area contributed by atoms with Crippen molar-refractivity contribution in [3.05, 3.63) is 155 Å². The monoisotopic (exact) mass is 582 g/mol. The Morgan fingerprint density at radius 1 is 0.304 bits per heavy atom. The van der Waals surface area contributed by atoms with Crippen LogP contribution in [0.1, 0.15) is 45.2 Å². The number of hydrogen-bond donors (Lipinski definition) is 0. The van der Waals surface area contributed by atoms with E-state index >= 15 is 0 Å². The van der Waals surface area contributed by atoms with Crippen molar-refractivity contribution in [2.45, 2.75) is 11.8 Å². The number of hydrogen-bond acceptors (Lipinski definition) is 4. The molecule has 4 nitrogen and oxygen atoms in total. The molecule has 0 saturated heterocycles. The molecule has 0 fully saturated rings. The molecule has 46 heavy (non-hydrogen) atoms. The van der Waals surface area contributed by atoms with Crippen molar-refractivity contribution in [2.75, 3.05) is 0 Å². The van der Waals surface area contributed by atoms with Gasteiger partial charge in [-0.25, -0.2) is 19.9 Å². The summed E-state index contributed by atoms with van der Waals surface area (Å²) in [7, 11) is 0. The minimum atomic E-state index is 0.201. The zero-order chi connectivity index (χ0) is 29.7. The van der Waals surface area contributed by atoms with Gasteiger partial charge in [-0.2, -0.15) is 0 Å². The standard InChI is InChI=1S/C42H22N4/c1-2-10-22-21(9-1)35-23-11-3-4-12-24(23)36(22)30-20-34-33(19-29(30)35)45-41-27-15-7-13-25-37(27)38-26(14-8-16-28(38)42(41)46-34)40-39(25)43-31-17-5-6-18-32(31)44-40/h1-20,35-36H. The lowest BCUT2D eigenvalue weighted by atomic mass is 9.61.